The molecule has 2 aromatic carbocycles. The number of ether oxygens (including phenoxy) is 1. The van der Waals surface area contributed by atoms with Gasteiger partial charge in [0, 0.05) is 17.5 Å². The van der Waals surface area contributed by atoms with Gasteiger partial charge in [-0.3, -0.25) is 0 Å². The second-order valence-electron chi connectivity index (χ2n) is 12.3. The number of hydrogen-bond donors (Lipinski definition) is 0. The highest BCUT2D eigenvalue weighted by molar-refractivity contribution is 5.40. The van der Waals surface area contributed by atoms with Crippen LogP contribution < -0.4 is 4.74 Å². The van der Waals surface area contributed by atoms with Crippen molar-refractivity contribution in [3.8, 4) is 5.75 Å². The lowest BCUT2D eigenvalue weighted by molar-refractivity contribution is -0.224. The molecule has 0 N–H and O–H groups in total. The zero-order valence-corrected chi connectivity index (χ0v) is 21.9. The lowest BCUT2D eigenvalue weighted by atomic mass is 9.68. The summed E-state index contributed by atoms with van der Waals surface area (Å²) in [5.41, 5.74) is 1.92. The lowest BCUT2D eigenvalue weighted by Gasteiger charge is -2.39. The second kappa shape index (κ2) is 10.2. The van der Waals surface area contributed by atoms with Gasteiger partial charge in [0.2, 0.25) is 0 Å². The van der Waals surface area contributed by atoms with Gasteiger partial charge in [-0.05, 0) is 111 Å². The summed E-state index contributed by atoms with van der Waals surface area (Å²) in [6.07, 6.45) is 9.80. The molecule has 0 radical (unpaired) electrons. The summed E-state index contributed by atoms with van der Waals surface area (Å²) in [5.74, 6) is -5.14. The molecule has 6 rings (SSSR count). The third-order valence-electron chi connectivity index (χ3n) is 10.2. The van der Waals surface area contributed by atoms with Crippen LogP contribution in [0.1, 0.15) is 87.7 Å². The Morgan fingerprint density at radius 2 is 1.38 bits per heavy atom. The van der Waals surface area contributed by atoms with Gasteiger partial charge in [0.15, 0.2) is 17.5 Å². The molecule has 4 aliphatic rings. The van der Waals surface area contributed by atoms with Crippen molar-refractivity contribution in [2.24, 2.45) is 23.7 Å². The number of fused-ring (bicyclic) bond motifs is 2. The van der Waals surface area contributed by atoms with E-state index in [0.29, 0.717) is 42.7 Å². The first kappa shape index (κ1) is 26.8. The van der Waals surface area contributed by atoms with Gasteiger partial charge < -0.3 is 4.74 Å². The fourth-order valence-electron chi connectivity index (χ4n) is 7.94. The molecule has 39 heavy (non-hydrogen) atoms. The molecule has 4 aliphatic carbocycles. The van der Waals surface area contributed by atoms with Crippen LogP contribution in [0.5, 0.6) is 5.75 Å². The maximum absolute atomic E-state index is 15.3. The predicted octanol–water partition coefficient (Wildman–Crippen LogP) is 9.60. The minimum Gasteiger partial charge on any atom is -0.432 e. The van der Waals surface area contributed by atoms with E-state index >= 15 is 4.39 Å². The molecule has 0 amide bonds. The lowest BCUT2D eigenvalue weighted by Crippen LogP contribution is -2.38. The highest BCUT2D eigenvalue weighted by atomic mass is 19.3. The number of allylic oxidation sites excluding steroid dienone is 2. The Balaban J connectivity index is 1.02. The number of rotatable bonds is 6. The molecule has 2 bridgehead atoms. The summed E-state index contributed by atoms with van der Waals surface area (Å²) < 4.78 is 89.5. The maximum atomic E-state index is 15.3. The van der Waals surface area contributed by atoms with Crippen molar-refractivity contribution in [2.45, 2.75) is 88.1 Å². The van der Waals surface area contributed by atoms with Crippen molar-refractivity contribution in [2.75, 3.05) is 0 Å². The predicted molar refractivity (Wildman–Crippen MR) is 137 cm³/mol. The van der Waals surface area contributed by atoms with E-state index in [0.717, 1.165) is 49.7 Å². The fraction of sp³-hybridized carbons (Fsp3) is 0.562. The third kappa shape index (κ3) is 5.11. The molecule has 7 heteroatoms. The van der Waals surface area contributed by atoms with E-state index in [-0.39, 0.29) is 30.0 Å². The second-order valence-corrected chi connectivity index (χ2v) is 12.3. The van der Waals surface area contributed by atoms with Gasteiger partial charge in [-0.15, -0.1) is 0 Å². The number of hydrogen-bond acceptors (Lipinski definition) is 1. The van der Waals surface area contributed by atoms with Crippen molar-refractivity contribution < 1.29 is 31.1 Å². The van der Waals surface area contributed by atoms with Crippen LogP contribution in [0.2, 0.25) is 0 Å². The molecule has 1 nitrogen and oxygen atoms in total. The smallest absolute Gasteiger partial charge is 0.400 e. The minimum absolute atomic E-state index is 0.0216. The topological polar surface area (TPSA) is 9.23 Å². The summed E-state index contributed by atoms with van der Waals surface area (Å²) in [4.78, 5) is 0. The number of halogens is 6. The monoisotopic (exact) mass is 548 g/mol. The molecule has 0 spiro atoms. The van der Waals surface area contributed by atoms with Gasteiger partial charge in [-0.25, -0.2) is 17.6 Å². The van der Waals surface area contributed by atoms with Gasteiger partial charge in [0.25, 0.3) is 0 Å². The molecule has 3 saturated carbocycles. The quantitative estimate of drug-likeness (QED) is 0.198. The summed E-state index contributed by atoms with van der Waals surface area (Å²) in [6.45, 7) is 0. The SMILES string of the molecule is Fc1cc([C@@]23C=CC(CC2)C3)ccc1C1CCC(C2CCC(C(F)(F)Oc3cc(F)c(F)c(F)c3)CC2)CC1. The van der Waals surface area contributed by atoms with Crippen molar-refractivity contribution >= 4 is 0 Å². The summed E-state index contributed by atoms with van der Waals surface area (Å²) in [7, 11) is 0. The molecule has 2 aromatic rings. The maximum Gasteiger partial charge on any atom is 0.400 e. The fourth-order valence-corrected chi connectivity index (χ4v) is 7.94. The van der Waals surface area contributed by atoms with Gasteiger partial charge in [-0.2, -0.15) is 8.78 Å². The Morgan fingerprint density at radius 3 is 1.92 bits per heavy atom. The normalized spacial score (nSPS) is 32.5. The van der Waals surface area contributed by atoms with E-state index in [2.05, 4.69) is 23.0 Å². The molecular weight excluding hydrogens is 514 g/mol. The van der Waals surface area contributed by atoms with Crippen LogP contribution in [0.15, 0.2) is 42.5 Å². The summed E-state index contributed by atoms with van der Waals surface area (Å²) in [6, 6.07) is 6.78. The molecule has 0 aromatic heterocycles. The average molecular weight is 549 g/mol. The molecule has 210 valence electrons. The molecule has 0 saturated heterocycles. The molecular formula is C32H34F6O. The first-order valence-electron chi connectivity index (χ1n) is 14.3. The zero-order valence-electron chi connectivity index (χ0n) is 21.9. The molecule has 3 fully saturated rings. The van der Waals surface area contributed by atoms with Gasteiger partial charge >= 0.3 is 6.11 Å². The Hall–Kier alpha value is -2.44. The molecule has 0 aliphatic heterocycles. The van der Waals surface area contributed by atoms with Crippen LogP contribution in [0.3, 0.4) is 0 Å². The molecule has 2 atom stereocenters. The van der Waals surface area contributed by atoms with Crippen LogP contribution in [-0.4, -0.2) is 6.11 Å². The van der Waals surface area contributed by atoms with Gasteiger partial charge in [0.1, 0.15) is 11.6 Å². The van der Waals surface area contributed by atoms with Crippen LogP contribution in [0, 0.1) is 46.9 Å². The molecule has 1 unspecified atom stereocenters. The largest absolute Gasteiger partial charge is 0.432 e. The summed E-state index contributed by atoms with van der Waals surface area (Å²) in [5, 5.41) is 0. The zero-order chi connectivity index (χ0) is 27.4. The average Bonchev–Trinajstić information content (AvgIpc) is 3.55. The van der Waals surface area contributed by atoms with Crippen molar-refractivity contribution in [3.63, 3.8) is 0 Å². The van der Waals surface area contributed by atoms with Gasteiger partial charge in [-0.1, -0.05) is 24.3 Å². The molecule has 0 heterocycles. The Bertz CT molecular complexity index is 1220. The van der Waals surface area contributed by atoms with E-state index in [1.165, 1.54) is 6.42 Å². The Labute approximate surface area is 225 Å². The van der Waals surface area contributed by atoms with Crippen LogP contribution >= 0.6 is 0 Å². The van der Waals surface area contributed by atoms with E-state index in [1.807, 2.05) is 6.07 Å². The van der Waals surface area contributed by atoms with E-state index in [9.17, 15) is 22.0 Å². The van der Waals surface area contributed by atoms with Crippen LogP contribution in [0.4, 0.5) is 26.3 Å². The minimum atomic E-state index is -3.60. The van der Waals surface area contributed by atoms with Crippen LogP contribution in [-0.2, 0) is 5.41 Å². The third-order valence-corrected chi connectivity index (χ3v) is 10.2. The van der Waals surface area contributed by atoms with Gasteiger partial charge in [0.05, 0.1) is 5.92 Å². The summed E-state index contributed by atoms with van der Waals surface area (Å²) >= 11 is 0. The van der Waals surface area contributed by atoms with Crippen LogP contribution in [0.25, 0.3) is 0 Å². The van der Waals surface area contributed by atoms with Crippen molar-refractivity contribution in [1.29, 1.82) is 0 Å². The van der Waals surface area contributed by atoms with Crippen molar-refractivity contribution in [3.05, 3.63) is 76.9 Å². The van der Waals surface area contributed by atoms with E-state index in [4.69, 9.17) is 0 Å². The number of benzene rings is 2. The highest BCUT2D eigenvalue weighted by Gasteiger charge is 2.46. The first-order chi connectivity index (χ1) is 18.6. The Kier molecular flexibility index (Phi) is 6.99. The number of alkyl halides is 2. The first-order valence-corrected chi connectivity index (χ1v) is 14.3. The Morgan fingerprint density at radius 1 is 0.744 bits per heavy atom. The van der Waals surface area contributed by atoms with Crippen molar-refractivity contribution in [1.82, 2.24) is 0 Å². The standard InChI is InChI=1S/C32H34F6O/c33-27-15-24(31-13-11-19(18-31)12-14-31)9-10-26(27)22-3-1-20(2-4-22)21-5-7-23(8-6-21)32(37,38)39-25-16-28(34)30(36)29(35)17-25/h9-11,13,15-17,19-23H,1-8,12,14,18H2/t19?,20?,21?,22?,23?,31-/m0/s1. The highest BCUT2D eigenvalue weighted by Crippen LogP contribution is 2.52. The van der Waals surface area contributed by atoms with E-state index in [1.54, 1.807) is 6.07 Å². The van der Waals surface area contributed by atoms with E-state index < -0.39 is 35.2 Å².